The first kappa shape index (κ1) is 11.1. The zero-order valence-electron chi connectivity index (χ0n) is 7.81. The van der Waals surface area contributed by atoms with Crippen LogP contribution < -0.4 is 0 Å². The highest BCUT2D eigenvalue weighted by Crippen LogP contribution is 2.06. The van der Waals surface area contributed by atoms with Crippen LogP contribution in [-0.2, 0) is 0 Å². The highest BCUT2D eigenvalue weighted by molar-refractivity contribution is 7.99. The molecule has 0 rings (SSSR count). The number of unbranched alkanes of at least 4 members (excludes halogenated alkanes) is 3. The molecule has 0 saturated carbocycles. The molecule has 0 nitrogen and oxygen atoms in total. The molecule has 1 heteroatoms. The molecule has 0 aliphatic carbocycles. The van der Waals surface area contributed by atoms with Crippen molar-refractivity contribution in [3.05, 3.63) is 12.2 Å². The number of thioether (sulfide) groups is 1. The van der Waals surface area contributed by atoms with Crippen LogP contribution in [0, 0.1) is 0 Å². The fourth-order valence-electron chi connectivity index (χ4n) is 0.954. The van der Waals surface area contributed by atoms with Gasteiger partial charge >= 0.3 is 0 Å². The van der Waals surface area contributed by atoms with Crippen LogP contribution in [0.25, 0.3) is 0 Å². The van der Waals surface area contributed by atoms with Crippen LogP contribution in [0.3, 0.4) is 0 Å². The van der Waals surface area contributed by atoms with E-state index in [0.29, 0.717) is 0 Å². The van der Waals surface area contributed by atoms with E-state index in [2.05, 4.69) is 37.8 Å². The van der Waals surface area contributed by atoms with Crippen molar-refractivity contribution >= 4 is 11.8 Å². The summed E-state index contributed by atoms with van der Waals surface area (Å²) in [6.45, 7) is 4.32. The average molecular weight is 172 g/mol. The summed E-state index contributed by atoms with van der Waals surface area (Å²) in [6, 6.07) is 0. The van der Waals surface area contributed by atoms with Crippen molar-refractivity contribution in [3.63, 3.8) is 0 Å². The molecule has 11 heavy (non-hydrogen) atoms. The Balaban J connectivity index is 2.79. The second-order valence-corrected chi connectivity index (χ2v) is 4.01. The molecular weight excluding hydrogens is 152 g/mol. The molecule has 0 aromatic rings. The van der Waals surface area contributed by atoms with Gasteiger partial charge in [-0.1, -0.05) is 25.5 Å². The fraction of sp³-hybridized carbons (Fsp3) is 0.800. The van der Waals surface area contributed by atoms with E-state index >= 15 is 0 Å². The SMILES string of the molecule is C/C=C/CCCCCSCC. The van der Waals surface area contributed by atoms with E-state index in [-0.39, 0.29) is 0 Å². The highest BCUT2D eigenvalue weighted by Gasteiger charge is 1.87. The van der Waals surface area contributed by atoms with E-state index in [9.17, 15) is 0 Å². The quantitative estimate of drug-likeness (QED) is 0.415. The molecule has 0 atom stereocenters. The maximum Gasteiger partial charge on any atom is -0.00676 e. The minimum absolute atomic E-state index is 1.27. The van der Waals surface area contributed by atoms with Crippen LogP contribution >= 0.6 is 11.8 Å². The monoisotopic (exact) mass is 172 g/mol. The molecule has 0 unspecified atom stereocenters. The second kappa shape index (κ2) is 10.1. The normalized spacial score (nSPS) is 11.1. The maximum absolute atomic E-state index is 2.26. The van der Waals surface area contributed by atoms with Gasteiger partial charge in [-0.25, -0.2) is 0 Å². The first-order valence-corrected chi connectivity index (χ1v) is 5.76. The van der Waals surface area contributed by atoms with E-state index in [0.717, 1.165) is 0 Å². The van der Waals surface area contributed by atoms with Gasteiger partial charge in [0.25, 0.3) is 0 Å². The van der Waals surface area contributed by atoms with Crippen LogP contribution in [0.1, 0.15) is 39.5 Å². The van der Waals surface area contributed by atoms with Crippen molar-refractivity contribution in [2.75, 3.05) is 11.5 Å². The van der Waals surface area contributed by atoms with Crippen molar-refractivity contribution in [3.8, 4) is 0 Å². The van der Waals surface area contributed by atoms with Crippen molar-refractivity contribution in [2.24, 2.45) is 0 Å². The predicted octanol–water partition coefficient (Wildman–Crippen LogP) is 3.88. The van der Waals surface area contributed by atoms with Crippen molar-refractivity contribution in [1.29, 1.82) is 0 Å². The van der Waals surface area contributed by atoms with Crippen molar-refractivity contribution < 1.29 is 0 Å². The Morgan fingerprint density at radius 2 is 2.00 bits per heavy atom. The average Bonchev–Trinajstić information content (AvgIpc) is 2.03. The highest BCUT2D eigenvalue weighted by atomic mass is 32.2. The molecule has 0 aliphatic rings. The molecule has 0 aromatic carbocycles. The standard InChI is InChI=1S/C10H20S/c1-3-5-6-7-8-9-10-11-4-2/h3,5H,4,6-10H2,1-2H3/b5-3+. The van der Waals surface area contributed by atoms with Gasteiger partial charge in [0.15, 0.2) is 0 Å². The predicted molar refractivity (Wildman–Crippen MR) is 56.3 cm³/mol. The van der Waals surface area contributed by atoms with Gasteiger partial charge in [0, 0.05) is 0 Å². The number of rotatable bonds is 7. The van der Waals surface area contributed by atoms with E-state index < -0.39 is 0 Å². The Kier molecular flexibility index (Phi) is 10.2. The van der Waals surface area contributed by atoms with Gasteiger partial charge in [-0.15, -0.1) is 0 Å². The summed E-state index contributed by atoms with van der Waals surface area (Å²) in [7, 11) is 0. The summed E-state index contributed by atoms with van der Waals surface area (Å²) in [4.78, 5) is 0. The summed E-state index contributed by atoms with van der Waals surface area (Å²) >= 11 is 2.05. The molecule has 66 valence electrons. The zero-order chi connectivity index (χ0) is 8.36. The summed E-state index contributed by atoms with van der Waals surface area (Å²) < 4.78 is 0. The zero-order valence-corrected chi connectivity index (χ0v) is 8.62. The molecule has 0 bridgehead atoms. The lowest BCUT2D eigenvalue weighted by Crippen LogP contribution is -1.80. The third kappa shape index (κ3) is 10.1. The van der Waals surface area contributed by atoms with Crippen molar-refractivity contribution in [2.45, 2.75) is 39.5 Å². The molecule has 0 fully saturated rings. The Bertz CT molecular complexity index is 86.9. The van der Waals surface area contributed by atoms with E-state index in [1.807, 2.05) is 0 Å². The number of hydrogen-bond donors (Lipinski definition) is 0. The summed E-state index contributed by atoms with van der Waals surface area (Å²) in [5, 5.41) is 0. The topological polar surface area (TPSA) is 0 Å². The Labute approximate surface area is 75.5 Å². The van der Waals surface area contributed by atoms with Gasteiger partial charge in [-0.05, 0) is 37.7 Å². The third-order valence-electron chi connectivity index (χ3n) is 1.60. The smallest absolute Gasteiger partial charge is 0.00676 e. The van der Waals surface area contributed by atoms with Crippen molar-refractivity contribution in [1.82, 2.24) is 0 Å². The molecule has 0 aromatic heterocycles. The molecule has 0 aliphatic heterocycles. The lowest BCUT2D eigenvalue weighted by atomic mass is 10.2. The minimum Gasteiger partial charge on any atom is -0.162 e. The van der Waals surface area contributed by atoms with Gasteiger partial charge in [0.2, 0.25) is 0 Å². The van der Waals surface area contributed by atoms with Crippen LogP contribution in [0.2, 0.25) is 0 Å². The molecule has 0 saturated heterocycles. The Morgan fingerprint density at radius 3 is 2.64 bits per heavy atom. The number of allylic oxidation sites excluding steroid dienone is 2. The Morgan fingerprint density at radius 1 is 1.18 bits per heavy atom. The van der Waals surface area contributed by atoms with Crippen LogP contribution in [-0.4, -0.2) is 11.5 Å². The van der Waals surface area contributed by atoms with E-state index in [1.54, 1.807) is 0 Å². The fourth-order valence-corrected chi connectivity index (χ4v) is 1.65. The van der Waals surface area contributed by atoms with Gasteiger partial charge in [-0.2, -0.15) is 11.8 Å². The summed E-state index contributed by atoms with van der Waals surface area (Å²) in [5.74, 6) is 2.63. The van der Waals surface area contributed by atoms with Crippen LogP contribution in [0.15, 0.2) is 12.2 Å². The molecule has 0 heterocycles. The van der Waals surface area contributed by atoms with E-state index in [1.165, 1.54) is 37.2 Å². The molecule has 0 spiro atoms. The Hall–Kier alpha value is 0.0900. The second-order valence-electron chi connectivity index (χ2n) is 2.62. The summed E-state index contributed by atoms with van der Waals surface area (Å²) in [6.07, 6.45) is 9.84. The van der Waals surface area contributed by atoms with Gasteiger partial charge in [0.05, 0.1) is 0 Å². The molecular formula is C10H20S. The molecule has 0 N–H and O–H groups in total. The van der Waals surface area contributed by atoms with Crippen LogP contribution in [0.4, 0.5) is 0 Å². The first-order chi connectivity index (χ1) is 5.41. The largest absolute Gasteiger partial charge is 0.162 e. The van der Waals surface area contributed by atoms with Gasteiger partial charge in [0.1, 0.15) is 0 Å². The lowest BCUT2D eigenvalue weighted by Gasteiger charge is -1.97. The minimum atomic E-state index is 1.27. The molecule has 0 amide bonds. The van der Waals surface area contributed by atoms with E-state index in [4.69, 9.17) is 0 Å². The first-order valence-electron chi connectivity index (χ1n) is 4.60. The number of hydrogen-bond acceptors (Lipinski definition) is 1. The third-order valence-corrected chi connectivity index (χ3v) is 2.58. The summed E-state index contributed by atoms with van der Waals surface area (Å²) in [5.41, 5.74) is 0. The lowest BCUT2D eigenvalue weighted by molar-refractivity contribution is 0.734. The van der Waals surface area contributed by atoms with Gasteiger partial charge < -0.3 is 0 Å². The maximum atomic E-state index is 2.26. The van der Waals surface area contributed by atoms with Crippen LogP contribution in [0.5, 0.6) is 0 Å². The van der Waals surface area contributed by atoms with Gasteiger partial charge in [-0.3, -0.25) is 0 Å². The molecule has 0 radical (unpaired) electrons.